The van der Waals surface area contributed by atoms with Gasteiger partial charge in [0.25, 0.3) is 5.91 Å². The second-order valence-corrected chi connectivity index (χ2v) is 7.81. The number of hydrogen-bond acceptors (Lipinski definition) is 5. The van der Waals surface area contributed by atoms with Crippen molar-refractivity contribution in [1.29, 1.82) is 0 Å². The van der Waals surface area contributed by atoms with Gasteiger partial charge in [0.15, 0.2) is 0 Å². The van der Waals surface area contributed by atoms with Crippen molar-refractivity contribution < 1.29 is 19.1 Å². The molecule has 3 atom stereocenters. The summed E-state index contributed by atoms with van der Waals surface area (Å²) >= 11 is 0. The van der Waals surface area contributed by atoms with Crippen molar-refractivity contribution in [2.45, 2.75) is 24.8 Å². The molecule has 1 aromatic carbocycles. The lowest BCUT2D eigenvalue weighted by Crippen LogP contribution is -2.44. The van der Waals surface area contributed by atoms with Gasteiger partial charge < -0.3 is 19.7 Å². The zero-order valence-electron chi connectivity index (χ0n) is 17.1. The summed E-state index contributed by atoms with van der Waals surface area (Å²) in [7, 11) is 1.64. The number of pyridine rings is 1. The Kier molecular flexibility index (Phi) is 6.28. The second kappa shape index (κ2) is 9.26. The van der Waals surface area contributed by atoms with E-state index in [1.165, 1.54) is 0 Å². The molecular formula is C23H27N3O4. The highest BCUT2D eigenvalue weighted by Crippen LogP contribution is 2.41. The number of ether oxygens (including phenoxy) is 2. The normalized spacial score (nSPS) is 23.8. The van der Waals surface area contributed by atoms with E-state index in [1.54, 1.807) is 31.6 Å². The molecule has 0 spiro atoms. The van der Waals surface area contributed by atoms with Gasteiger partial charge in [0.2, 0.25) is 5.91 Å². The van der Waals surface area contributed by atoms with Crippen LogP contribution in [0.4, 0.5) is 0 Å². The number of methoxy groups -OCH3 is 1. The number of carbonyl (C=O) groups is 2. The SMILES string of the molecule is COc1ccc([C@H]2C[C@H](NC(=O)c3cccnc3)C[C@@H]2C(=O)N2CCOCC2)cc1. The lowest BCUT2D eigenvalue weighted by atomic mass is 9.88. The van der Waals surface area contributed by atoms with Gasteiger partial charge in [-0.1, -0.05) is 12.1 Å². The molecule has 2 amide bonds. The molecule has 4 rings (SSSR count). The predicted octanol–water partition coefficient (Wildman–Crippen LogP) is 2.24. The monoisotopic (exact) mass is 409 g/mol. The molecule has 0 unspecified atom stereocenters. The summed E-state index contributed by atoms with van der Waals surface area (Å²) in [5, 5.41) is 3.11. The zero-order valence-corrected chi connectivity index (χ0v) is 17.1. The molecule has 30 heavy (non-hydrogen) atoms. The average molecular weight is 409 g/mol. The lowest BCUT2D eigenvalue weighted by Gasteiger charge is -2.31. The van der Waals surface area contributed by atoms with Crippen LogP contribution in [0.5, 0.6) is 5.75 Å². The van der Waals surface area contributed by atoms with E-state index in [4.69, 9.17) is 9.47 Å². The van der Waals surface area contributed by atoms with Crippen LogP contribution in [0.25, 0.3) is 0 Å². The molecule has 7 nitrogen and oxygen atoms in total. The summed E-state index contributed by atoms with van der Waals surface area (Å²) < 4.78 is 10.7. The Balaban J connectivity index is 1.53. The molecule has 1 N–H and O–H groups in total. The number of aromatic nitrogens is 1. The van der Waals surface area contributed by atoms with Crippen molar-refractivity contribution in [3.63, 3.8) is 0 Å². The van der Waals surface area contributed by atoms with Crippen molar-refractivity contribution in [2.75, 3.05) is 33.4 Å². The Hall–Kier alpha value is -2.93. The summed E-state index contributed by atoms with van der Waals surface area (Å²) in [6, 6.07) is 11.3. The number of rotatable bonds is 5. The first-order valence-corrected chi connectivity index (χ1v) is 10.4. The number of morpholine rings is 1. The van der Waals surface area contributed by atoms with Crippen LogP contribution in [0.3, 0.4) is 0 Å². The van der Waals surface area contributed by atoms with Gasteiger partial charge in [-0.25, -0.2) is 0 Å². The number of nitrogens with zero attached hydrogens (tertiary/aromatic N) is 2. The smallest absolute Gasteiger partial charge is 0.253 e. The predicted molar refractivity (Wildman–Crippen MR) is 111 cm³/mol. The Bertz CT molecular complexity index is 866. The van der Waals surface area contributed by atoms with Gasteiger partial charge in [0.1, 0.15) is 5.75 Å². The summed E-state index contributed by atoms with van der Waals surface area (Å²) in [6.45, 7) is 2.40. The minimum atomic E-state index is -0.171. The van der Waals surface area contributed by atoms with Gasteiger partial charge in [-0.05, 0) is 48.6 Å². The third-order valence-electron chi connectivity index (χ3n) is 6.01. The molecule has 7 heteroatoms. The third kappa shape index (κ3) is 4.46. The summed E-state index contributed by atoms with van der Waals surface area (Å²) in [4.78, 5) is 31.9. The van der Waals surface area contributed by atoms with Crippen LogP contribution in [0.1, 0.15) is 34.7 Å². The Morgan fingerprint density at radius 2 is 1.90 bits per heavy atom. The van der Waals surface area contributed by atoms with E-state index in [0.717, 1.165) is 17.7 Å². The van der Waals surface area contributed by atoms with Crippen LogP contribution in [0.2, 0.25) is 0 Å². The third-order valence-corrected chi connectivity index (χ3v) is 6.01. The number of nitrogens with one attached hydrogen (secondary N) is 1. The first-order chi connectivity index (χ1) is 14.7. The molecule has 1 saturated heterocycles. The first-order valence-electron chi connectivity index (χ1n) is 10.4. The molecule has 158 valence electrons. The molecule has 1 saturated carbocycles. The van der Waals surface area contributed by atoms with Crippen LogP contribution >= 0.6 is 0 Å². The molecule has 0 bridgehead atoms. The Labute approximate surface area is 176 Å². The highest BCUT2D eigenvalue weighted by atomic mass is 16.5. The number of benzene rings is 1. The van der Waals surface area contributed by atoms with E-state index in [0.29, 0.717) is 38.3 Å². The van der Waals surface area contributed by atoms with E-state index in [1.807, 2.05) is 29.2 Å². The Morgan fingerprint density at radius 1 is 1.13 bits per heavy atom. The fourth-order valence-electron chi connectivity index (χ4n) is 4.43. The highest BCUT2D eigenvalue weighted by Gasteiger charge is 2.42. The molecule has 1 aliphatic carbocycles. The maximum absolute atomic E-state index is 13.3. The first kappa shape index (κ1) is 20.3. The van der Waals surface area contributed by atoms with Gasteiger partial charge >= 0.3 is 0 Å². The largest absolute Gasteiger partial charge is 0.497 e. The fraction of sp³-hybridized carbons (Fsp3) is 0.435. The topological polar surface area (TPSA) is 80.8 Å². The van der Waals surface area contributed by atoms with Crippen molar-refractivity contribution >= 4 is 11.8 Å². The van der Waals surface area contributed by atoms with E-state index < -0.39 is 0 Å². The van der Waals surface area contributed by atoms with E-state index in [2.05, 4.69) is 10.3 Å². The molecule has 2 fully saturated rings. The second-order valence-electron chi connectivity index (χ2n) is 7.81. The minimum absolute atomic E-state index is 0.0467. The van der Waals surface area contributed by atoms with Crippen molar-refractivity contribution in [1.82, 2.24) is 15.2 Å². The van der Waals surface area contributed by atoms with Crippen LogP contribution in [-0.4, -0.2) is 61.2 Å². The molecule has 1 aliphatic heterocycles. The molecule has 0 radical (unpaired) electrons. The fourth-order valence-corrected chi connectivity index (χ4v) is 4.43. The maximum atomic E-state index is 13.3. The van der Waals surface area contributed by atoms with E-state index in [9.17, 15) is 9.59 Å². The summed E-state index contributed by atoms with van der Waals surface area (Å²) in [6.07, 6.45) is 4.54. The molecular weight excluding hydrogens is 382 g/mol. The quantitative estimate of drug-likeness (QED) is 0.819. The molecule has 2 heterocycles. The van der Waals surface area contributed by atoms with Gasteiger partial charge in [-0.3, -0.25) is 14.6 Å². The van der Waals surface area contributed by atoms with Gasteiger partial charge in [0, 0.05) is 37.4 Å². The number of carbonyl (C=O) groups excluding carboxylic acids is 2. The number of hydrogen-bond donors (Lipinski definition) is 1. The van der Waals surface area contributed by atoms with Crippen LogP contribution in [-0.2, 0) is 9.53 Å². The van der Waals surface area contributed by atoms with E-state index >= 15 is 0 Å². The highest BCUT2D eigenvalue weighted by molar-refractivity contribution is 5.94. The van der Waals surface area contributed by atoms with Gasteiger partial charge in [0.05, 0.1) is 25.9 Å². The Morgan fingerprint density at radius 3 is 2.57 bits per heavy atom. The van der Waals surface area contributed by atoms with Crippen molar-refractivity contribution in [3.05, 3.63) is 59.9 Å². The van der Waals surface area contributed by atoms with Crippen LogP contribution < -0.4 is 10.1 Å². The van der Waals surface area contributed by atoms with Gasteiger partial charge in [-0.2, -0.15) is 0 Å². The summed E-state index contributed by atoms with van der Waals surface area (Å²) in [5.41, 5.74) is 1.63. The van der Waals surface area contributed by atoms with Crippen LogP contribution in [0.15, 0.2) is 48.8 Å². The average Bonchev–Trinajstić information content (AvgIpc) is 3.23. The molecule has 1 aromatic heterocycles. The molecule has 2 aliphatic rings. The minimum Gasteiger partial charge on any atom is -0.497 e. The number of amides is 2. The van der Waals surface area contributed by atoms with E-state index in [-0.39, 0.29) is 29.7 Å². The molecule has 2 aromatic rings. The zero-order chi connectivity index (χ0) is 20.9. The summed E-state index contributed by atoms with van der Waals surface area (Å²) in [5.74, 6) is 0.661. The lowest BCUT2D eigenvalue weighted by molar-refractivity contribution is -0.140. The van der Waals surface area contributed by atoms with Crippen molar-refractivity contribution in [2.24, 2.45) is 5.92 Å². The standard InChI is InChI=1S/C23H27N3O4/c1-29-19-6-4-16(5-7-19)20-13-18(25-22(27)17-3-2-8-24-15-17)14-21(20)23(28)26-9-11-30-12-10-26/h2-8,15,18,20-21H,9-14H2,1H3,(H,25,27)/t18-,20+,21-/m0/s1. The van der Waals surface area contributed by atoms with Gasteiger partial charge in [-0.15, -0.1) is 0 Å². The van der Waals surface area contributed by atoms with Crippen molar-refractivity contribution in [3.8, 4) is 5.75 Å². The van der Waals surface area contributed by atoms with Crippen LogP contribution in [0, 0.1) is 5.92 Å². The maximum Gasteiger partial charge on any atom is 0.253 e.